The van der Waals surface area contributed by atoms with Gasteiger partial charge in [-0.05, 0) is 30.5 Å². The van der Waals surface area contributed by atoms with Crippen molar-refractivity contribution < 1.29 is 9.90 Å². The van der Waals surface area contributed by atoms with E-state index in [9.17, 15) is 9.90 Å². The summed E-state index contributed by atoms with van der Waals surface area (Å²) in [5.41, 5.74) is 1.06. The molecule has 2 unspecified atom stereocenters. The second-order valence-electron chi connectivity index (χ2n) is 4.54. The number of halogens is 1. The van der Waals surface area contributed by atoms with Gasteiger partial charge in [0.25, 0.3) is 0 Å². The van der Waals surface area contributed by atoms with Gasteiger partial charge in [-0.25, -0.2) is 0 Å². The Hall–Kier alpha value is -1.03. The summed E-state index contributed by atoms with van der Waals surface area (Å²) in [6, 6.07) is 7.14. The number of carbonyl (C=O) groups excluding carboxylic acids is 1. The summed E-state index contributed by atoms with van der Waals surface area (Å²) in [5.74, 6) is 0.893. The number of carbonyl (C=O) groups is 1. The Kier molecular flexibility index (Phi) is 3.72. The second-order valence-corrected chi connectivity index (χ2v) is 5.19. The Balaban J connectivity index is 2.12. The first-order valence-corrected chi connectivity index (χ1v) is 6.88. The summed E-state index contributed by atoms with van der Waals surface area (Å²) in [6.45, 7) is 2.84. The molecule has 2 rings (SSSR count). The topological polar surface area (TPSA) is 40.5 Å². The molecule has 3 nitrogen and oxygen atoms in total. The summed E-state index contributed by atoms with van der Waals surface area (Å²) < 4.78 is 0. The molecule has 17 heavy (non-hydrogen) atoms. The van der Waals surface area contributed by atoms with Crippen LogP contribution in [0.1, 0.15) is 24.9 Å². The van der Waals surface area contributed by atoms with Gasteiger partial charge in [-0.2, -0.15) is 0 Å². The summed E-state index contributed by atoms with van der Waals surface area (Å²) in [6.07, 6.45) is 0.633. The van der Waals surface area contributed by atoms with Crippen LogP contribution < -0.4 is 0 Å². The number of aromatic hydroxyl groups is 1. The normalized spacial score (nSPS) is 21.9. The van der Waals surface area contributed by atoms with Crippen molar-refractivity contribution in [2.75, 3.05) is 11.9 Å². The van der Waals surface area contributed by atoms with Crippen LogP contribution in [0.3, 0.4) is 0 Å². The molecule has 1 amide bonds. The smallest absolute Gasteiger partial charge is 0.223 e. The Morgan fingerprint density at radius 3 is 2.65 bits per heavy atom. The Labute approximate surface area is 110 Å². The van der Waals surface area contributed by atoms with Gasteiger partial charge < -0.3 is 10.0 Å². The maximum Gasteiger partial charge on any atom is 0.223 e. The largest absolute Gasteiger partial charge is 0.508 e. The molecule has 1 N–H and O–H groups in total. The molecule has 2 atom stereocenters. The Bertz CT molecular complexity index is 404. The fraction of sp³-hybridized carbons (Fsp3) is 0.462. The number of benzene rings is 1. The van der Waals surface area contributed by atoms with Crippen LogP contribution in [-0.2, 0) is 4.79 Å². The monoisotopic (exact) mass is 297 g/mol. The van der Waals surface area contributed by atoms with Crippen molar-refractivity contribution in [3.8, 4) is 5.75 Å². The molecule has 1 saturated heterocycles. The van der Waals surface area contributed by atoms with E-state index in [0.29, 0.717) is 12.3 Å². The van der Waals surface area contributed by atoms with Gasteiger partial charge in [0, 0.05) is 18.3 Å². The first-order valence-electron chi connectivity index (χ1n) is 5.76. The maximum absolute atomic E-state index is 11.9. The third kappa shape index (κ3) is 2.63. The molecule has 1 aromatic rings. The zero-order valence-corrected chi connectivity index (χ0v) is 11.4. The number of amides is 1. The van der Waals surface area contributed by atoms with Gasteiger partial charge in [-0.1, -0.05) is 28.1 Å². The van der Waals surface area contributed by atoms with E-state index in [4.69, 9.17) is 0 Å². The highest BCUT2D eigenvalue weighted by Gasteiger charge is 2.32. The zero-order chi connectivity index (χ0) is 12.4. The molecule has 0 spiro atoms. The van der Waals surface area contributed by atoms with E-state index in [0.717, 1.165) is 17.4 Å². The van der Waals surface area contributed by atoms with E-state index in [1.807, 2.05) is 24.0 Å². The van der Waals surface area contributed by atoms with Crippen LogP contribution in [0.4, 0.5) is 0 Å². The van der Waals surface area contributed by atoms with Crippen molar-refractivity contribution >= 4 is 21.8 Å². The fourth-order valence-corrected chi connectivity index (χ4v) is 2.65. The first-order chi connectivity index (χ1) is 8.11. The lowest BCUT2D eigenvalue weighted by molar-refractivity contribution is -0.129. The lowest BCUT2D eigenvalue weighted by Crippen LogP contribution is -2.28. The standard InChI is InChI=1S/C13H16BrNO2/c1-9(11-2-4-12(16)5-3-11)15-8-10(7-14)6-13(15)17/h2-5,9-10,16H,6-8H2,1H3. The minimum atomic E-state index is 0.0761. The summed E-state index contributed by atoms with van der Waals surface area (Å²) >= 11 is 3.43. The lowest BCUT2D eigenvalue weighted by atomic mass is 10.1. The highest BCUT2D eigenvalue weighted by molar-refractivity contribution is 9.09. The zero-order valence-electron chi connectivity index (χ0n) is 9.77. The van der Waals surface area contributed by atoms with Crippen molar-refractivity contribution in [2.45, 2.75) is 19.4 Å². The molecule has 0 bridgehead atoms. The van der Waals surface area contributed by atoms with Crippen LogP contribution in [0.5, 0.6) is 5.75 Å². The van der Waals surface area contributed by atoms with E-state index < -0.39 is 0 Å². The molecule has 0 aliphatic carbocycles. The molecule has 1 fully saturated rings. The number of phenols is 1. The average Bonchev–Trinajstić information content (AvgIpc) is 2.71. The Morgan fingerprint density at radius 2 is 2.12 bits per heavy atom. The Morgan fingerprint density at radius 1 is 1.47 bits per heavy atom. The molecule has 1 aromatic carbocycles. The maximum atomic E-state index is 11.9. The van der Waals surface area contributed by atoms with E-state index in [1.165, 1.54) is 0 Å². The van der Waals surface area contributed by atoms with E-state index >= 15 is 0 Å². The van der Waals surface area contributed by atoms with Gasteiger partial charge in [0.2, 0.25) is 5.91 Å². The predicted molar refractivity (Wildman–Crippen MR) is 70.1 cm³/mol. The molecule has 4 heteroatoms. The number of alkyl halides is 1. The van der Waals surface area contributed by atoms with E-state index in [-0.39, 0.29) is 17.7 Å². The number of nitrogens with zero attached hydrogens (tertiary/aromatic N) is 1. The summed E-state index contributed by atoms with van der Waals surface area (Å²) in [4.78, 5) is 13.8. The van der Waals surface area contributed by atoms with Crippen molar-refractivity contribution in [3.05, 3.63) is 29.8 Å². The average molecular weight is 298 g/mol. The lowest BCUT2D eigenvalue weighted by Gasteiger charge is -2.25. The third-order valence-corrected chi connectivity index (χ3v) is 4.22. The van der Waals surface area contributed by atoms with Crippen molar-refractivity contribution in [3.63, 3.8) is 0 Å². The quantitative estimate of drug-likeness (QED) is 0.872. The molecule has 0 aromatic heterocycles. The minimum absolute atomic E-state index is 0.0761. The first kappa shape index (κ1) is 12.4. The van der Waals surface area contributed by atoms with Crippen molar-refractivity contribution in [2.24, 2.45) is 5.92 Å². The number of hydrogen-bond donors (Lipinski definition) is 1. The number of likely N-dealkylation sites (tertiary alicyclic amines) is 1. The second kappa shape index (κ2) is 5.08. The van der Waals surface area contributed by atoms with Gasteiger partial charge in [-0.15, -0.1) is 0 Å². The molecule has 1 heterocycles. The molecule has 1 aliphatic heterocycles. The van der Waals surface area contributed by atoms with Crippen LogP contribution in [0.25, 0.3) is 0 Å². The van der Waals surface area contributed by atoms with Gasteiger partial charge in [0.05, 0.1) is 6.04 Å². The van der Waals surface area contributed by atoms with Crippen LogP contribution in [-0.4, -0.2) is 27.8 Å². The fourth-order valence-electron chi connectivity index (χ4n) is 2.22. The van der Waals surface area contributed by atoms with Crippen molar-refractivity contribution in [1.29, 1.82) is 0 Å². The molecule has 92 valence electrons. The van der Waals surface area contributed by atoms with Gasteiger partial charge in [0.15, 0.2) is 0 Å². The number of phenolic OH excluding ortho intramolecular Hbond substituents is 1. The summed E-state index contributed by atoms with van der Waals surface area (Å²) in [7, 11) is 0. The molecule has 1 aliphatic rings. The molecule has 0 saturated carbocycles. The minimum Gasteiger partial charge on any atom is -0.508 e. The molecular formula is C13H16BrNO2. The SMILES string of the molecule is CC(c1ccc(O)cc1)N1CC(CBr)CC1=O. The van der Waals surface area contributed by atoms with Crippen LogP contribution in [0, 0.1) is 5.92 Å². The van der Waals surface area contributed by atoms with Gasteiger partial charge in [-0.3, -0.25) is 4.79 Å². The van der Waals surface area contributed by atoms with Gasteiger partial charge in [0.1, 0.15) is 5.75 Å². The van der Waals surface area contributed by atoms with Crippen LogP contribution in [0.15, 0.2) is 24.3 Å². The highest BCUT2D eigenvalue weighted by atomic mass is 79.9. The third-order valence-electron chi connectivity index (χ3n) is 3.30. The molecule has 0 radical (unpaired) electrons. The summed E-state index contributed by atoms with van der Waals surface area (Å²) in [5, 5.41) is 10.1. The predicted octanol–water partition coefficient (Wildman–Crippen LogP) is 2.70. The highest BCUT2D eigenvalue weighted by Crippen LogP contribution is 2.29. The van der Waals surface area contributed by atoms with E-state index in [2.05, 4.69) is 15.9 Å². The number of rotatable bonds is 3. The van der Waals surface area contributed by atoms with Crippen molar-refractivity contribution in [1.82, 2.24) is 4.90 Å². The van der Waals surface area contributed by atoms with E-state index in [1.54, 1.807) is 12.1 Å². The van der Waals surface area contributed by atoms with Gasteiger partial charge >= 0.3 is 0 Å². The molecular weight excluding hydrogens is 282 g/mol. The number of hydrogen-bond acceptors (Lipinski definition) is 2. The van der Waals surface area contributed by atoms with Crippen LogP contribution >= 0.6 is 15.9 Å². The van der Waals surface area contributed by atoms with Crippen LogP contribution in [0.2, 0.25) is 0 Å².